The van der Waals surface area contributed by atoms with Crippen molar-refractivity contribution in [3.8, 4) is 63.2 Å². The minimum absolute atomic E-state index is 0.0381. The fraction of sp³-hybridized carbons (Fsp3) is 0.161. The average Bonchev–Trinajstić information content (AvgIpc) is 0.721. The number of hydrogen-bond donors (Lipinski definition) is 2. The van der Waals surface area contributed by atoms with Crippen LogP contribution in [0.2, 0.25) is 0 Å². The molecule has 0 aromatic heterocycles. The van der Waals surface area contributed by atoms with Gasteiger partial charge in [-0.1, -0.05) is 279 Å². The van der Waals surface area contributed by atoms with Gasteiger partial charge in [-0.3, -0.25) is 0 Å². The number of aliphatic hydroxyl groups excluding tert-OH is 2. The van der Waals surface area contributed by atoms with Crippen LogP contribution in [0.25, 0.3) is 0 Å². The predicted octanol–water partition coefficient (Wildman–Crippen LogP) is 19.6. The molecule has 13 nitrogen and oxygen atoms in total. The third-order valence-electron chi connectivity index (χ3n) is 18.8. The largest absolute Gasteiger partial charge is 0.489 e. The zero-order chi connectivity index (χ0) is 71.6. The maximum absolute atomic E-state index is 14.5. The van der Waals surface area contributed by atoms with E-state index < -0.39 is 30.3 Å². The molecule has 0 fully saturated rings. The lowest BCUT2D eigenvalue weighted by atomic mass is 9.77. The van der Waals surface area contributed by atoms with Gasteiger partial charge >= 0.3 is 0 Å². The molecule has 13 heteroatoms. The van der Waals surface area contributed by atoms with Crippen molar-refractivity contribution in [1.82, 2.24) is 0 Å². The molecular weight excluding hydrogens is 1330 g/mol. The highest BCUT2D eigenvalue weighted by atomic mass is 16.6. The van der Waals surface area contributed by atoms with E-state index in [-0.39, 0.29) is 65.9 Å². The highest BCUT2D eigenvalue weighted by Gasteiger charge is 2.48. The fourth-order valence-electron chi connectivity index (χ4n) is 13.3. The molecule has 2 aliphatic heterocycles. The Morgan fingerprint density at radius 2 is 0.613 bits per heavy atom. The normalized spacial score (nSPS) is 15.6. The molecule has 0 saturated carbocycles. The lowest BCUT2D eigenvalue weighted by Gasteiger charge is -2.41. The Morgan fingerprint density at radius 1 is 0.274 bits per heavy atom. The van der Waals surface area contributed by atoms with E-state index in [1.54, 1.807) is 0 Å². The molecule has 0 unspecified atom stereocenters. The molecular formula is C93H80O13. The zero-order valence-corrected chi connectivity index (χ0v) is 58.4. The summed E-state index contributed by atoms with van der Waals surface area (Å²) in [4.78, 5) is 0. The van der Waals surface area contributed by atoms with Crippen LogP contribution in [-0.2, 0) is 65.9 Å². The summed E-state index contributed by atoms with van der Waals surface area (Å²) in [5.41, 5.74) is 10.9. The molecule has 0 bridgehead atoms. The quantitative estimate of drug-likeness (QED) is 0.0441. The Bertz CT molecular complexity index is 4900. The lowest BCUT2D eigenvalue weighted by molar-refractivity contribution is 0.000419. The van der Waals surface area contributed by atoms with Gasteiger partial charge in [0, 0.05) is 46.9 Å². The van der Waals surface area contributed by atoms with E-state index in [2.05, 4.69) is 0 Å². The monoisotopic (exact) mass is 1400 g/mol. The Balaban J connectivity index is 0.940. The van der Waals surface area contributed by atoms with Gasteiger partial charge in [-0.25, -0.2) is 0 Å². The van der Waals surface area contributed by atoms with Crippen LogP contribution < -0.4 is 52.1 Å². The van der Waals surface area contributed by atoms with E-state index in [0.717, 1.165) is 50.1 Å². The standard InChI is InChI=1S/C93H80O13/c94-77-53-76-79(98-57-66-32-14-3-15-33-66)54-82(101-60-69-38-20-6-21-39-69)87(92(76)106-90(77)73-46-47-78(97-56-65-30-12-2-13-31-65)80(48-73)99-58-67-34-16-4-17-35-67)88-86-81(100-59-68-36-18-5-19-37-68)51-75(96-55-64-28-10-1-11-29-64)52-83(86)105-91(89(88)95)74-49-84(102-61-70-40-22-7-23-41-70)93(104-63-72-44-26-9-27-45-72)85(50-74)103-62-71-42-24-8-25-43-71/h1-52,54,77,88-91,94-95H,53,55-63H2/t77-,88+,89-,90+,91+/m0/s1. The fourth-order valence-corrected chi connectivity index (χ4v) is 13.3. The van der Waals surface area contributed by atoms with Crippen LogP contribution in [0.1, 0.15) is 96.0 Å². The molecule has 2 N–H and O–H groups in total. The Hall–Kier alpha value is -12.4. The second kappa shape index (κ2) is 33.8. The Labute approximate surface area is 617 Å². The first-order valence-electron chi connectivity index (χ1n) is 35.8. The number of aliphatic hydroxyl groups is 2. The number of ether oxygens (including phenoxy) is 11. The molecule has 0 saturated heterocycles. The van der Waals surface area contributed by atoms with Gasteiger partial charge in [0.2, 0.25) is 5.75 Å². The topological polar surface area (TPSA) is 142 Å². The summed E-state index contributed by atoms with van der Waals surface area (Å²) in [7, 11) is 0. The van der Waals surface area contributed by atoms with Gasteiger partial charge in [-0.2, -0.15) is 0 Å². The minimum atomic E-state index is -1.52. The molecule has 106 heavy (non-hydrogen) atoms. The summed E-state index contributed by atoms with van der Waals surface area (Å²) >= 11 is 0. The number of benzene rings is 13. The van der Waals surface area contributed by atoms with Crippen molar-refractivity contribution in [2.45, 2.75) is 96.2 Å². The van der Waals surface area contributed by atoms with Crippen molar-refractivity contribution >= 4 is 0 Å². The maximum atomic E-state index is 14.5. The van der Waals surface area contributed by atoms with E-state index in [9.17, 15) is 10.2 Å². The summed E-state index contributed by atoms with van der Waals surface area (Å²) in [5.74, 6) is 3.05. The third kappa shape index (κ3) is 17.1. The van der Waals surface area contributed by atoms with Crippen molar-refractivity contribution < 1.29 is 62.3 Å². The van der Waals surface area contributed by atoms with Crippen molar-refractivity contribution in [1.29, 1.82) is 0 Å². The van der Waals surface area contributed by atoms with Gasteiger partial charge in [0.15, 0.2) is 29.1 Å². The van der Waals surface area contributed by atoms with Crippen LogP contribution in [0.4, 0.5) is 0 Å². The summed E-state index contributed by atoms with van der Waals surface area (Å²) < 4.78 is 77.4. The second-order valence-corrected chi connectivity index (χ2v) is 26.3. The lowest BCUT2D eigenvalue weighted by Crippen LogP contribution is -2.37. The smallest absolute Gasteiger partial charge is 0.203 e. The summed E-state index contributed by atoms with van der Waals surface area (Å²) in [5, 5.41) is 27.5. The van der Waals surface area contributed by atoms with Crippen LogP contribution in [0.3, 0.4) is 0 Å². The van der Waals surface area contributed by atoms with Crippen LogP contribution in [-0.4, -0.2) is 22.4 Å². The van der Waals surface area contributed by atoms with Gasteiger partial charge in [-0.05, 0) is 79.9 Å². The predicted molar refractivity (Wildman–Crippen MR) is 407 cm³/mol. The van der Waals surface area contributed by atoms with Gasteiger partial charge in [0.25, 0.3) is 0 Å². The summed E-state index contributed by atoms with van der Waals surface area (Å²) in [6, 6.07) is 104. The molecule has 2 heterocycles. The van der Waals surface area contributed by atoms with Crippen molar-refractivity contribution in [3.63, 3.8) is 0 Å². The molecule has 5 atom stereocenters. The summed E-state index contributed by atoms with van der Waals surface area (Å²) in [6.45, 7) is 1.63. The minimum Gasteiger partial charge on any atom is -0.489 e. The van der Waals surface area contributed by atoms with Gasteiger partial charge in [-0.15, -0.1) is 0 Å². The third-order valence-corrected chi connectivity index (χ3v) is 18.8. The molecule has 15 rings (SSSR count). The Kier molecular flexibility index (Phi) is 22.1. The van der Waals surface area contributed by atoms with E-state index in [1.807, 2.05) is 322 Å². The van der Waals surface area contributed by atoms with Crippen LogP contribution in [0.15, 0.2) is 322 Å². The van der Waals surface area contributed by atoms with Crippen molar-refractivity contribution in [2.75, 3.05) is 0 Å². The van der Waals surface area contributed by atoms with Gasteiger partial charge < -0.3 is 62.3 Å². The van der Waals surface area contributed by atoms with Crippen LogP contribution >= 0.6 is 0 Å². The maximum Gasteiger partial charge on any atom is 0.203 e. The molecule has 0 amide bonds. The molecule has 2 aliphatic rings. The number of rotatable bonds is 30. The number of hydrogen-bond acceptors (Lipinski definition) is 13. The van der Waals surface area contributed by atoms with Gasteiger partial charge in [0.1, 0.15) is 106 Å². The molecule has 0 aliphatic carbocycles. The average molecular weight is 1410 g/mol. The van der Waals surface area contributed by atoms with Gasteiger partial charge in [0.05, 0.1) is 12.0 Å². The molecule has 13 aromatic rings. The molecule has 0 spiro atoms. The SMILES string of the molecule is O[C@H]1[C@@H](c2c(OCc3ccccc3)cc(OCc3ccccc3)c3c2O[C@H](c2ccc(OCc4ccccc4)c(OCc4ccccc4)c2)[C@@H](O)C3)c2c(OCc3ccccc3)cc(OCc3ccccc3)cc2O[C@@H]1c1cc(OCc2ccccc2)c(OCc2ccccc2)c(OCc2ccccc2)c1. The highest BCUT2D eigenvalue weighted by Crippen LogP contribution is 2.59. The van der Waals surface area contributed by atoms with E-state index in [1.165, 1.54) is 0 Å². The number of fused-ring (bicyclic) bond motifs is 2. The van der Waals surface area contributed by atoms with E-state index >= 15 is 0 Å². The highest BCUT2D eigenvalue weighted by molar-refractivity contribution is 5.67. The van der Waals surface area contributed by atoms with E-state index in [4.69, 9.17) is 52.1 Å². The van der Waals surface area contributed by atoms with Crippen molar-refractivity contribution in [3.05, 3.63) is 399 Å². The zero-order valence-electron chi connectivity index (χ0n) is 58.4. The first-order chi connectivity index (χ1) is 52.3. The van der Waals surface area contributed by atoms with Crippen molar-refractivity contribution in [2.24, 2.45) is 0 Å². The first-order valence-corrected chi connectivity index (χ1v) is 35.8. The second-order valence-electron chi connectivity index (χ2n) is 26.3. The summed E-state index contributed by atoms with van der Waals surface area (Å²) in [6.07, 6.45) is -4.92. The van der Waals surface area contributed by atoms with Crippen LogP contribution in [0, 0.1) is 0 Å². The first kappa shape index (κ1) is 69.3. The molecule has 530 valence electrons. The molecule has 0 radical (unpaired) electrons. The Morgan fingerprint density at radius 3 is 1.03 bits per heavy atom. The molecule has 13 aromatic carbocycles. The van der Waals surface area contributed by atoms with E-state index in [0.29, 0.717) is 91.1 Å². The van der Waals surface area contributed by atoms with Crippen LogP contribution in [0.5, 0.6) is 63.2 Å².